The predicted octanol–water partition coefficient (Wildman–Crippen LogP) is 3.87. The molecule has 1 aromatic heterocycles. The number of methoxy groups -OCH3 is 3. The molecule has 0 aliphatic rings. The van der Waals surface area contributed by atoms with Crippen LogP contribution in [0.5, 0.6) is 23.0 Å². The molecule has 1 N–H and O–H groups in total. The molecule has 0 unspecified atom stereocenters. The summed E-state index contributed by atoms with van der Waals surface area (Å²) in [4.78, 5) is 16.5. The standard InChI is InChI=1S/C23H24N2O5/c1-27-19-6-4-17(12-21(19)29-3)13-23(26)25-18-5-7-20(28-2)22(14-18)30-15-16-8-10-24-11-9-16/h4-12,14H,13,15H2,1-3H3,(H,25,26). The Morgan fingerprint density at radius 3 is 2.17 bits per heavy atom. The SMILES string of the molecule is COc1ccc(CC(=O)Nc2ccc(OC)c(OCc3ccncc3)c2)cc1OC. The second-order valence-electron chi connectivity index (χ2n) is 6.42. The Hall–Kier alpha value is -3.74. The zero-order valence-electron chi connectivity index (χ0n) is 17.2. The zero-order chi connectivity index (χ0) is 21.3. The Bertz CT molecular complexity index is 992. The first kappa shape index (κ1) is 21.0. The Balaban J connectivity index is 1.67. The van der Waals surface area contributed by atoms with E-state index in [1.807, 2.05) is 18.2 Å². The summed E-state index contributed by atoms with van der Waals surface area (Å²) in [6, 6.07) is 14.4. The lowest BCUT2D eigenvalue weighted by Crippen LogP contribution is -2.14. The van der Waals surface area contributed by atoms with Gasteiger partial charge in [-0.25, -0.2) is 0 Å². The van der Waals surface area contributed by atoms with Crippen LogP contribution in [0.1, 0.15) is 11.1 Å². The van der Waals surface area contributed by atoms with E-state index < -0.39 is 0 Å². The van der Waals surface area contributed by atoms with Crippen molar-refractivity contribution in [1.29, 1.82) is 0 Å². The number of nitrogens with zero attached hydrogens (tertiary/aromatic N) is 1. The molecule has 0 saturated carbocycles. The van der Waals surface area contributed by atoms with E-state index in [0.717, 1.165) is 11.1 Å². The summed E-state index contributed by atoms with van der Waals surface area (Å²) in [6.07, 6.45) is 3.61. The fraction of sp³-hybridized carbons (Fsp3) is 0.217. The summed E-state index contributed by atoms with van der Waals surface area (Å²) < 4.78 is 21.8. The number of hydrogen-bond acceptors (Lipinski definition) is 6. The molecule has 3 aromatic rings. The summed E-state index contributed by atoms with van der Waals surface area (Å²) in [5, 5.41) is 2.89. The minimum absolute atomic E-state index is 0.160. The fourth-order valence-corrected chi connectivity index (χ4v) is 2.89. The number of rotatable bonds is 9. The van der Waals surface area contributed by atoms with Crippen LogP contribution in [0.3, 0.4) is 0 Å². The van der Waals surface area contributed by atoms with Crippen molar-refractivity contribution in [2.24, 2.45) is 0 Å². The molecule has 1 amide bonds. The lowest BCUT2D eigenvalue weighted by atomic mass is 10.1. The van der Waals surface area contributed by atoms with Crippen molar-refractivity contribution in [2.45, 2.75) is 13.0 Å². The van der Waals surface area contributed by atoms with E-state index in [-0.39, 0.29) is 12.3 Å². The molecule has 0 saturated heterocycles. The quantitative estimate of drug-likeness (QED) is 0.579. The van der Waals surface area contributed by atoms with Gasteiger partial charge in [0, 0.05) is 24.1 Å². The number of aromatic nitrogens is 1. The highest BCUT2D eigenvalue weighted by Crippen LogP contribution is 2.31. The van der Waals surface area contributed by atoms with Crippen LogP contribution in [0.15, 0.2) is 60.9 Å². The molecular weight excluding hydrogens is 384 g/mol. The van der Waals surface area contributed by atoms with Gasteiger partial charge in [-0.1, -0.05) is 6.07 Å². The van der Waals surface area contributed by atoms with Gasteiger partial charge in [0.1, 0.15) is 6.61 Å². The van der Waals surface area contributed by atoms with Gasteiger partial charge >= 0.3 is 0 Å². The average molecular weight is 408 g/mol. The molecule has 0 aliphatic carbocycles. The molecule has 7 nitrogen and oxygen atoms in total. The molecule has 0 aliphatic heterocycles. The summed E-state index contributed by atoms with van der Waals surface area (Å²) >= 11 is 0. The van der Waals surface area contributed by atoms with Gasteiger partial charge in [-0.3, -0.25) is 9.78 Å². The number of ether oxygens (including phenoxy) is 4. The largest absolute Gasteiger partial charge is 0.493 e. The van der Waals surface area contributed by atoms with Crippen LogP contribution in [0, 0.1) is 0 Å². The monoisotopic (exact) mass is 408 g/mol. The molecule has 0 atom stereocenters. The molecule has 7 heteroatoms. The van der Waals surface area contributed by atoms with Crippen molar-refractivity contribution in [3.63, 3.8) is 0 Å². The van der Waals surface area contributed by atoms with Crippen molar-refractivity contribution in [3.05, 3.63) is 72.1 Å². The molecule has 0 spiro atoms. The first-order chi connectivity index (χ1) is 14.6. The van der Waals surface area contributed by atoms with E-state index in [9.17, 15) is 4.79 Å². The maximum atomic E-state index is 12.5. The Morgan fingerprint density at radius 2 is 1.47 bits per heavy atom. The van der Waals surface area contributed by atoms with Crippen LogP contribution in [0.4, 0.5) is 5.69 Å². The van der Waals surface area contributed by atoms with Crippen LogP contribution in [0.2, 0.25) is 0 Å². The van der Waals surface area contributed by atoms with Crippen LogP contribution < -0.4 is 24.3 Å². The van der Waals surface area contributed by atoms with Gasteiger partial charge in [0.05, 0.1) is 27.8 Å². The predicted molar refractivity (Wildman–Crippen MR) is 113 cm³/mol. The molecule has 30 heavy (non-hydrogen) atoms. The number of nitrogens with one attached hydrogen (secondary N) is 1. The molecule has 0 fully saturated rings. The Kier molecular flexibility index (Phi) is 7.10. The van der Waals surface area contributed by atoms with E-state index in [1.54, 1.807) is 64.1 Å². The third-order valence-electron chi connectivity index (χ3n) is 4.40. The molecule has 156 valence electrons. The number of amides is 1. The summed E-state index contributed by atoms with van der Waals surface area (Å²) in [5.74, 6) is 2.17. The first-order valence-corrected chi connectivity index (χ1v) is 9.33. The van der Waals surface area contributed by atoms with Crippen LogP contribution in [-0.4, -0.2) is 32.2 Å². The maximum absolute atomic E-state index is 12.5. The van der Waals surface area contributed by atoms with E-state index in [0.29, 0.717) is 35.3 Å². The fourth-order valence-electron chi connectivity index (χ4n) is 2.89. The average Bonchev–Trinajstić information content (AvgIpc) is 2.78. The van der Waals surface area contributed by atoms with Crippen molar-refractivity contribution in [3.8, 4) is 23.0 Å². The van der Waals surface area contributed by atoms with Gasteiger partial charge in [-0.05, 0) is 47.5 Å². The number of hydrogen-bond donors (Lipinski definition) is 1. The molecule has 3 rings (SSSR count). The minimum atomic E-state index is -0.160. The third kappa shape index (κ3) is 5.41. The molecule has 1 heterocycles. The van der Waals surface area contributed by atoms with Crippen LogP contribution in [0.25, 0.3) is 0 Å². The van der Waals surface area contributed by atoms with Gasteiger partial charge in [-0.2, -0.15) is 0 Å². The van der Waals surface area contributed by atoms with Crippen molar-refractivity contribution < 1.29 is 23.7 Å². The lowest BCUT2D eigenvalue weighted by molar-refractivity contribution is -0.115. The van der Waals surface area contributed by atoms with Crippen LogP contribution >= 0.6 is 0 Å². The second kappa shape index (κ2) is 10.2. The topological polar surface area (TPSA) is 78.9 Å². The van der Waals surface area contributed by atoms with E-state index in [2.05, 4.69) is 10.3 Å². The number of pyridine rings is 1. The first-order valence-electron chi connectivity index (χ1n) is 9.33. The summed E-state index contributed by atoms with van der Waals surface area (Å²) in [6.45, 7) is 0.363. The Morgan fingerprint density at radius 1 is 0.800 bits per heavy atom. The molecule has 0 radical (unpaired) electrons. The van der Waals surface area contributed by atoms with Gasteiger partial charge in [0.25, 0.3) is 0 Å². The van der Waals surface area contributed by atoms with Gasteiger partial charge in [-0.15, -0.1) is 0 Å². The smallest absolute Gasteiger partial charge is 0.228 e. The number of carbonyl (C=O) groups is 1. The van der Waals surface area contributed by atoms with Crippen molar-refractivity contribution in [2.75, 3.05) is 26.6 Å². The summed E-state index contributed by atoms with van der Waals surface area (Å²) in [7, 11) is 4.71. The minimum Gasteiger partial charge on any atom is -0.493 e. The van der Waals surface area contributed by atoms with E-state index in [4.69, 9.17) is 18.9 Å². The van der Waals surface area contributed by atoms with Gasteiger partial charge in [0.2, 0.25) is 5.91 Å². The van der Waals surface area contributed by atoms with E-state index >= 15 is 0 Å². The highest BCUT2D eigenvalue weighted by atomic mass is 16.5. The lowest BCUT2D eigenvalue weighted by Gasteiger charge is -2.13. The molecular formula is C23H24N2O5. The highest BCUT2D eigenvalue weighted by Gasteiger charge is 2.11. The zero-order valence-corrected chi connectivity index (χ0v) is 17.2. The number of carbonyl (C=O) groups excluding carboxylic acids is 1. The van der Waals surface area contributed by atoms with Gasteiger partial charge < -0.3 is 24.3 Å². The third-order valence-corrected chi connectivity index (χ3v) is 4.40. The van der Waals surface area contributed by atoms with Gasteiger partial charge in [0.15, 0.2) is 23.0 Å². The van der Waals surface area contributed by atoms with Crippen molar-refractivity contribution >= 4 is 11.6 Å². The highest BCUT2D eigenvalue weighted by molar-refractivity contribution is 5.92. The normalized spacial score (nSPS) is 10.2. The summed E-state index contributed by atoms with van der Waals surface area (Å²) in [5.41, 5.74) is 2.41. The second-order valence-corrected chi connectivity index (χ2v) is 6.42. The maximum Gasteiger partial charge on any atom is 0.228 e. The van der Waals surface area contributed by atoms with Crippen molar-refractivity contribution in [1.82, 2.24) is 4.98 Å². The van der Waals surface area contributed by atoms with E-state index in [1.165, 1.54) is 0 Å². The van der Waals surface area contributed by atoms with Crippen LogP contribution in [-0.2, 0) is 17.8 Å². The number of benzene rings is 2. The molecule has 0 bridgehead atoms. The molecule has 2 aromatic carbocycles. The Labute approximate surface area is 175 Å². The number of anilines is 1.